The van der Waals surface area contributed by atoms with Gasteiger partial charge in [-0.2, -0.15) is 0 Å². The van der Waals surface area contributed by atoms with Crippen LogP contribution in [0.1, 0.15) is 26.3 Å². The van der Waals surface area contributed by atoms with Gasteiger partial charge in [0.1, 0.15) is 5.82 Å². The van der Waals surface area contributed by atoms with Crippen molar-refractivity contribution in [3.05, 3.63) is 52.3 Å². The maximum atomic E-state index is 12.7. The van der Waals surface area contributed by atoms with Crippen LogP contribution in [0.25, 0.3) is 0 Å². The zero-order valence-corrected chi connectivity index (χ0v) is 14.9. The Bertz CT molecular complexity index is 753. The summed E-state index contributed by atoms with van der Waals surface area (Å²) in [6, 6.07) is 11.1. The fraction of sp³-hybridized carbons (Fsp3) is 0.353. The van der Waals surface area contributed by atoms with Gasteiger partial charge in [-0.05, 0) is 26.3 Å². The summed E-state index contributed by atoms with van der Waals surface area (Å²) in [6.45, 7) is 6.53. The molecule has 0 bridgehead atoms. The first kappa shape index (κ1) is 18.1. The van der Waals surface area contributed by atoms with Gasteiger partial charge in [0.05, 0.1) is 5.75 Å². The van der Waals surface area contributed by atoms with Crippen LogP contribution in [-0.2, 0) is 11.3 Å². The molecular weight excluding hydrogens is 324 g/mol. The lowest BCUT2D eigenvalue weighted by Gasteiger charge is -2.36. The van der Waals surface area contributed by atoms with Crippen molar-refractivity contribution >= 4 is 23.5 Å². The van der Waals surface area contributed by atoms with Crippen LogP contribution in [0.15, 0.2) is 46.3 Å². The lowest BCUT2D eigenvalue weighted by atomic mass is 10.0. The van der Waals surface area contributed by atoms with Crippen LogP contribution in [0.5, 0.6) is 0 Å². The Labute approximate surface area is 145 Å². The molecule has 3 N–H and O–H groups in total. The minimum Gasteiger partial charge on any atom is -0.383 e. The van der Waals surface area contributed by atoms with Crippen LogP contribution in [-0.4, -0.2) is 32.1 Å². The molecule has 24 heavy (non-hydrogen) atoms. The Hall–Kier alpha value is -2.28. The summed E-state index contributed by atoms with van der Waals surface area (Å²) in [7, 11) is 0. The number of nitrogens with one attached hydrogen (secondary N) is 1. The molecule has 0 spiro atoms. The van der Waals surface area contributed by atoms with E-state index >= 15 is 0 Å². The summed E-state index contributed by atoms with van der Waals surface area (Å²) in [5, 5.41) is 0.349. The molecule has 0 unspecified atom stereocenters. The molecule has 1 amide bonds. The van der Waals surface area contributed by atoms with E-state index in [9.17, 15) is 9.59 Å². The van der Waals surface area contributed by atoms with E-state index in [0.717, 1.165) is 5.56 Å². The van der Waals surface area contributed by atoms with E-state index in [0.29, 0.717) is 11.7 Å². The van der Waals surface area contributed by atoms with Gasteiger partial charge >= 0.3 is 0 Å². The van der Waals surface area contributed by atoms with Crippen molar-refractivity contribution in [3.8, 4) is 0 Å². The largest absolute Gasteiger partial charge is 0.383 e. The zero-order chi connectivity index (χ0) is 17.7. The van der Waals surface area contributed by atoms with Crippen molar-refractivity contribution in [2.45, 2.75) is 38.0 Å². The predicted molar refractivity (Wildman–Crippen MR) is 96.7 cm³/mol. The molecule has 0 atom stereocenters. The number of rotatable bonds is 5. The highest BCUT2D eigenvalue weighted by molar-refractivity contribution is 7.99. The van der Waals surface area contributed by atoms with Crippen molar-refractivity contribution in [2.24, 2.45) is 0 Å². The number of aromatic nitrogens is 2. The lowest BCUT2D eigenvalue weighted by molar-refractivity contribution is -0.133. The van der Waals surface area contributed by atoms with Gasteiger partial charge < -0.3 is 15.6 Å². The van der Waals surface area contributed by atoms with E-state index < -0.39 is 0 Å². The highest BCUT2D eigenvalue weighted by Gasteiger charge is 2.26. The van der Waals surface area contributed by atoms with E-state index in [2.05, 4.69) is 9.97 Å². The van der Waals surface area contributed by atoms with Crippen LogP contribution in [0.4, 0.5) is 5.82 Å². The number of amides is 1. The minimum atomic E-state index is -0.325. The fourth-order valence-corrected chi connectivity index (χ4v) is 2.95. The molecular formula is C17H22N4O2S. The van der Waals surface area contributed by atoms with E-state index in [4.69, 9.17) is 5.73 Å². The summed E-state index contributed by atoms with van der Waals surface area (Å²) < 4.78 is 0. The zero-order valence-electron chi connectivity index (χ0n) is 14.1. The van der Waals surface area contributed by atoms with Crippen LogP contribution in [0, 0.1) is 0 Å². The van der Waals surface area contributed by atoms with Crippen LogP contribution >= 0.6 is 11.8 Å². The monoisotopic (exact) mass is 346 g/mol. The Kier molecular flexibility index (Phi) is 5.66. The highest BCUT2D eigenvalue weighted by Crippen LogP contribution is 2.21. The molecule has 1 aromatic heterocycles. The molecule has 7 heteroatoms. The summed E-state index contributed by atoms with van der Waals surface area (Å²) in [5.74, 6) is 0.295. The Morgan fingerprint density at radius 1 is 1.29 bits per heavy atom. The van der Waals surface area contributed by atoms with Gasteiger partial charge in [-0.25, -0.2) is 4.98 Å². The number of nitrogen functional groups attached to an aromatic ring is 1. The summed E-state index contributed by atoms with van der Waals surface area (Å²) in [6.07, 6.45) is 0. The third-order valence-electron chi connectivity index (χ3n) is 3.37. The van der Waals surface area contributed by atoms with Crippen LogP contribution < -0.4 is 11.3 Å². The van der Waals surface area contributed by atoms with Crippen LogP contribution in [0.2, 0.25) is 0 Å². The number of carbonyl (C=O) groups excluding carboxylic acids is 1. The van der Waals surface area contributed by atoms with Crippen LogP contribution in [0.3, 0.4) is 0 Å². The van der Waals surface area contributed by atoms with Crippen molar-refractivity contribution < 1.29 is 4.79 Å². The van der Waals surface area contributed by atoms with Gasteiger partial charge in [0.15, 0.2) is 5.16 Å². The minimum absolute atomic E-state index is 0.0265. The summed E-state index contributed by atoms with van der Waals surface area (Å²) >= 11 is 1.17. The van der Waals surface area contributed by atoms with Gasteiger partial charge in [-0.15, -0.1) is 0 Å². The molecule has 1 heterocycles. The van der Waals surface area contributed by atoms with E-state index in [1.165, 1.54) is 17.8 Å². The first-order valence-electron chi connectivity index (χ1n) is 7.60. The number of H-pyrrole nitrogens is 1. The fourth-order valence-electron chi connectivity index (χ4n) is 2.20. The second-order valence-electron chi connectivity index (χ2n) is 6.40. The molecule has 1 aromatic carbocycles. The number of hydrogen-bond acceptors (Lipinski definition) is 5. The van der Waals surface area contributed by atoms with Gasteiger partial charge in [0, 0.05) is 18.2 Å². The quantitative estimate of drug-likeness (QED) is 0.640. The number of benzene rings is 1. The van der Waals surface area contributed by atoms with Gasteiger partial charge in [0.2, 0.25) is 5.91 Å². The molecule has 0 saturated carbocycles. The number of hydrogen-bond donors (Lipinski definition) is 2. The number of thioether (sulfide) groups is 1. The third-order valence-corrected chi connectivity index (χ3v) is 4.22. The average Bonchev–Trinajstić information content (AvgIpc) is 2.49. The molecule has 2 aromatic rings. The van der Waals surface area contributed by atoms with Gasteiger partial charge in [0.25, 0.3) is 5.56 Å². The number of nitrogens with two attached hydrogens (primary N) is 1. The smallest absolute Gasteiger partial charge is 0.253 e. The van der Waals surface area contributed by atoms with Crippen molar-refractivity contribution in [2.75, 3.05) is 11.5 Å². The Morgan fingerprint density at radius 2 is 1.96 bits per heavy atom. The van der Waals surface area contributed by atoms with Crippen molar-refractivity contribution in [1.29, 1.82) is 0 Å². The first-order valence-corrected chi connectivity index (χ1v) is 8.58. The Balaban J connectivity index is 2.09. The second-order valence-corrected chi connectivity index (χ2v) is 7.36. The molecule has 2 rings (SSSR count). The SMILES string of the molecule is CC(C)(C)N(Cc1ccccc1)C(=O)CSc1nc(N)cc(=O)[nH]1. The van der Waals surface area contributed by atoms with E-state index in [1.54, 1.807) is 0 Å². The highest BCUT2D eigenvalue weighted by atomic mass is 32.2. The normalized spacial score (nSPS) is 11.3. The molecule has 0 aliphatic carbocycles. The summed E-state index contributed by atoms with van der Waals surface area (Å²) in [5.41, 5.74) is 5.99. The maximum absolute atomic E-state index is 12.7. The Morgan fingerprint density at radius 3 is 2.54 bits per heavy atom. The molecule has 128 valence electrons. The first-order chi connectivity index (χ1) is 11.3. The number of nitrogens with zero attached hydrogens (tertiary/aromatic N) is 2. The van der Waals surface area contributed by atoms with Crippen molar-refractivity contribution in [3.63, 3.8) is 0 Å². The molecule has 0 aliphatic rings. The maximum Gasteiger partial charge on any atom is 0.253 e. The predicted octanol–water partition coefficient (Wildman–Crippen LogP) is 2.27. The second kappa shape index (κ2) is 7.53. The molecule has 0 fully saturated rings. The standard InChI is InChI=1S/C17H22N4O2S/c1-17(2,3)21(10-12-7-5-4-6-8-12)15(23)11-24-16-19-13(18)9-14(22)20-16/h4-9H,10-11H2,1-3H3,(H3,18,19,20,22). The van der Waals surface area contributed by atoms with Gasteiger partial charge in [-0.1, -0.05) is 42.1 Å². The van der Waals surface area contributed by atoms with E-state index in [-0.39, 0.29) is 28.6 Å². The van der Waals surface area contributed by atoms with Crippen molar-refractivity contribution in [1.82, 2.24) is 14.9 Å². The average molecular weight is 346 g/mol. The molecule has 0 aliphatic heterocycles. The molecule has 0 saturated heterocycles. The summed E-state index contributed by atoms with van der Waals surface area (Å²) in [4.78, 5) is 32.5. The number of anilines is 1. The van der Waals surface area contributed by atoms with Gasteiger partial charge in [-0.3, -0.25) is 9.59 Å². The topological polar surface area (TPSA) is 92.1 Å². The molecule has 6 nitrogen and oxygen atoms in total. The third kappa shape index (κ3) is 5.13. The number of carbonyl (C=O) groups is 1. The molecule has 0 radical (unpaired) electrons. The lowest BCUT2D eigenvalue weighted by Crippen LogP contribution is -2.45. The van der Waals surface area contributed by atoms with E-state index in [1.807, 2.05) is 56.0 Å². The number of aromatic amines is 1.